The van der Waals surface area contributed by atoms with Crippen molar-refractivity contribution in [3.05, 3.63) is 59.4 Å². The molecule has 2 aromatic carbocycles. The van der Waals surface area contributed by atoms with E-state index in [9.17, 15) is 12.8 Å². The molecule has 0 fully saturated rings. The number of benzene rings is 2. The number of hydrogen-bond donors (Lipinski definition) is 1. The first-order valence-corrected chi connectivity index (χ1v) is 9.66. The highest BCUT2D eigenvalue weighted by molar-refractivity contribution is 7.99. The fourth-order valence-corrected chi connectivity index (χ4v) is 4.65. The lowest BCUT2D eigenvalue weighted by atomic mass is 10.1. The number of thioether (sulfide) groups is 1. The van der Waals surface area contributed by atoms with Crippen LogP contribution < -0.4 is 4.72 Å². The van der Waals surface area contributed by atoms with Crippen molar-refractivity contribution in [3.63, 3.8) is 0 Å². The third kappa shape index (κ3) is 3.81. The second-order valence-electron chi connectivity index (χ2n) is 5.26. The van der Waals surface area contributed by atoms with Crippen LogP contribution in [0.4, 0.5) is 10.1 Å². The number of sulfonamides is 1. The summed E-state index contributed by atoms with van der Waals surface area (Å²) >= 11 is 1.81. The Morgan fingerprint density at radius 2 is 1.91 bits per heavy atom. The van der Waals surface area contributed by atoms with Gasteiger partial charge >= 0.3 is 0 Å². The molecule has 0 spiro atoms. The van der Waals surface area contributed by atoms with E-state index in [1.165, 1.54) is 34.7 Å². The van der Waals surface area contributed by atoms with Crippen molar-refractivity contribution in [2.24, 2.45) is 0 Å². The molecule has 0 unspecified atom stereocenters. The van der Waals surface area contributed by atoms with Gasteiger partial charge in [-0.25, -0.2) is 12.8 Å². The minimum atomic E-state index is -3.51. The van der Waals surface area contributed by atoms with Crippen molar-refractivity contribution in [2.45, 2.75) is 23.5 Å². The Hall–Kier alpha value is -1.53. The lowest BCUT2D eigenvalue weighted by molar-refractivity contribution is 0.600. The average Bonchev–Trinajstić information content (AvgIpc) is 2.49. The second kappa shape index (κ2) is 6.30. The highest BCUT2D eigenvalue weighted by Crippen LogP contribution is 2.32. The zero-order valence-electron chi connectivity index (χ0n) is 11.9. The largest absolute Gasteiger partial charge is 0.283 e. The Bertz CT molecular complexity index is 773. The van der Waals surface area contributed by atoms with E-state index < -0.39 is 10.0 Å². The van der Waals surface area contributed by atoms with Gasteiger partial charge in [0.05, 0.1) is 5.75 Å². The first-order valence-electron chi connectivity index (χ1n) is 7.02. The van der Waals surface area contributed by atoms with E-state index in [0.717, 1.165) is 18.6 Å². The molecule has 0 amide bonds. The van der Waals surface area contributed by atoms with E-state index >= 15 is 0 Å². The van der Waals surface area contributed by atoms with Crippen LogP contribution in [0.25, 0.3) is 0 Å². The van der Waals surface area contributed by atoms with Gasteiger partial charge in [-0.3, -0.25) is 4.72 Å². The number of hydrogen-bond acceptors (Lipinski definition) is 3. The van der Waals surface area contributed by atoms with Crippen LogP contribution in [0.1, 0.15) is 17.5 Å². The van der Waals surface area contributed by atoms with Gasteiger partial charge in [-0.05, 0) is 60.1 Å². The number of fused-ring (bicyclic) bond motifs is 1. The van der Waals surface area contributed by atoms with Gasteiger partial charge < -0.3 is 0 Å². The Labute approximate surface area is 134 Å². The summed E-state index contributed by atoms with van der Waals surface area (Å²) in [6, 6.07) is 11.2. The number of halogens is 1. The Morgan fingerprint density at radius 3 is 2.68 bits per heavy atom. The Kier molecular flexibility index (Phi) is 4.40. The molecule has 22 heavy (non-hydrogen) atoms. The Balaban J connectivity index is 1.75. The van der Waals surface area contributed by atoms with Gasteiger partial charge in [-0.15, -0.1) is 11.8 Å². The summed E-state index contributed by atoms with van der Waals surface area (Å²) < 4.78 is 39.9. The highest BCUT2D eigenvalue weighted by Gasteiger charge is 2.15. The molecule has 1 aliphatic rings. The summed E-state index contributed by atoms with van der Waals surface area (Å²) in [4.78, 5) is 1.23. The highest BCUT2D eigenvalue weighted by atomic mass is 32.2. The molecule has 0 aromatic heterocycles. The maximum atomic E-state index is 12.9. The zero-order chi connectivity index (χ0) is 15.6. The third-order valence-corrected chi connectivity index (χ3v) is 5.91. The van der Waals surface area contributed by atoms with Crippen LogP contribution in [-0.2, 0) is 22.2 Å². The maximum absolute atomic E-state index is 12.9. The summed E-state index contributed by atoms with van der Waals surface area (Å²) in [5, 5.41) is 0. The number of anilines is 1. The van der Waals surface area contributed by atoms with Gasteiger partial charge in [0.2, 0.25) is 10.0 Å². The normalized spacial score (nSPS) is 14.4. The smallest absolute Gasteiger partial charge is 0.236 e. The van der Waals surface area contributed by atoms with Crippen LogP contribution in [-0.4, -0.2) is 14.2 Å². The number of nitrogens with one attached hydrogen (secondary N) is 1. The van der Waals surface area contributed by atoms with Gasteiger partial charge in [0, 0.05) is 10.6 Å². The molecule has 0 aliphatic carbocycles. The predicted octanol–water partition coefficient (Wildman–Crippen LogP) is 3.81. The van der Waals surface area contributed by atoms with Gasteiger partial charge in [-0.1, -0.05) is 12.1 Å². The van der Waals surface area contributed by atoms with E-state index in [-0.39, 0.29) is 11.6 Å². The lowest BCUT2D eigenvalue weighted by Crippen LogP contribution is -2.15. The molecule has 3 nitrogen and oxygen atoms in total. The summed E-state index contributed by atoms with van der Waals surface area (Å²) in [5.41, 5.74) is 2.34. The van der Waals surface area contributed by atoms with Crippen LogP contribution in [0.15, 0.2) is 47.4 Å². The van der Waals surface area contributed by atoms with Crippen LogP contribution in [0.2, 0.25) is 0 Å². The van der Waals surface area contributed by atoms with Crippen LogP contribution >= 0.6 is 11.8 Å². The predicted molar refractivity (Wildman–Crippen MR) is 88.1 cm³/mol. The molecule has 1 N–H and O–H groups in total. The van der Waals surface area contributed by atoms with Crippen LogP contribution in [0.5, 0.6) is 0 Å². The van der Waals surface area contributed by atoms with Crippen molar-refractivity contribution in [2.75, 3.05) is 10.5 Å². The quantitative estimate of drug-likeness (QED) is 0.923. The van der Waals surface area contributed by atoms with Crippen molar-refractivity contribution in [3.8, 4) is 0 Å². The molecular weight excluding hydrogens is 321 g/mol. The van der Waals surface area contributed by atoms with Crippen molar-refractivity contribution < 1.29 is 12.8 Å². The number of aryl methyl sites for hydroxylation is 1. The first kappa shape index (κ1) is 15.4. The second-order valence-corrected chi connectivity index (χ2v) is 8.12. The molecule has 1 aliphatic heterocycles. The summed E-state index contributed by atoms with van der Waals surface area (Å²) in [7, 11) is -3.51. The van der Waals surface area contributed by atoms with E-state index in [0.29, 0.717) is 11.3 Å². The summed E-state index contributed by atoms with van der Waals surface area (Å²) in [6.45, 7) is 0. The Morgan fingerprint density at radius 1 is 1.14 bits per heavy atom. The molecule has 0 radical (unpaired) electrons. The minimum Gasteiger partial charge on any atom is -0.283 e. The standard InChI is InChI=1S/C16H16FNO2S2/c17-14-5-3-12(4-6-14)11-22(19,20)18-15-7-8-16-13(10-15)2-1-9-21-16/h3-8,10,18H,1-2,9,11H2. The van der Waals surface area contributed by atoms with Gasteiger partial charge in [0.15, 0.2) is 0 Å². The summed E-state index contributed by atoms with van der Waals surface area (Å²) in [6.07, 6.45) is 2.10. The lowest BCUT2D eigenvalue weighted by Gasteiger charge is -2.16. The molecule has 2 aromatic rings. The zero-order valence-corrected chi connectivity index (χ0v) is 13.5. The first-order chi connectivity index (χ1) is 10.5. The van der Waals surface area contributed by atoms with E-state index in [2.05, 4.69) is 4.72 Å². The molecule has 0 bridgehead atoms. The molecule has 3 rings (SSSR count). The molecular formula is C16H16FNO2S2. The molecule has 6 heteroatoms. The number of rotatable bonds is 4. The fourth-order valence-electron chi connectivity index (χ4n) is 2.44. The molecule has 116 valence electrons. The van der Waals surface area contributed by atoms with Crippen molar-refractivity contribution >= 4 is 27.5 Å². The van der Waals surface area contributed by atoms with Gasteiger partial charge in [0.1, 0.15) is 5.82 Å². The van der Waals surface area contributed by atoms with Crippen LogP contribution in [0, 0.1) is 5.82 Å². The van der Waals surface area contributed by atoms with E-state index in [1.807, 2.05) is 12.1 Å². The van der Waals surface area contributed by atoms with Crippen molar-refractivity contribution in [1.82, 2.24) is 0 Å². The minimum absolute atomic E-state index is 0.168. The summed E-state index contributed by atoms with van der Waals surface area (Å²) in [5.74, 6) is 0.572. The van der Waals surface area contributed by atoms with Gasteiger partial charge in [-0.2, -0.15) is 0 Å². The van der Waals surface area contributed by atoms with E-state index in [1.54, 1.807) is 17.8 Å². The molecule has 0 atom stereocenters. The topological polar surface area (TPSA) is 46.2 Å². The molecule has 1 heterocycles. The van der Waals surface area contributed by atoms with Gasteiger partial charge in [0.25, 0.3) is 0 Å². The molecule has 0 saturated heterocycles. The fraction of sp³-hybridized carbons (Fsp3) is 0.250. The maximum Gasteiger partial charge on any atom is 0.236 e. The van der Waals surface area contributed by atoms with E-state index in [4.69, 9.17) is 0 Å². The monoisotopic (exact) mass is 337 g/mol. The molecule has 0 saturated carbocycles. The SMILES string of the molecule is O=S(=O)(Cc1ccc(F)cc1)Nc1ccc2c(c1)CCCS2. The van der Waals surface area contributed by atoms with Crippen LogP contribution in [0.3, 0.4) is 0 Å². The average molecular weight is 337 g/mol. The third-order valence-electron chi connectivity index (χ3n) is 3.45. The van der Waals surface area contributed by atoms with Crippen molar-refractivity contribution in [1.29, 1.82) is 0 Å².